The summed E-state index contributed by atoms with van der Waals surface area (Å²) in [6.07, 6.45) is 1.68. The van der Waals surface area contributed by atoms with Gasteiger partial charge in [-0.15, -0.1) is 0 Å². The van der Waals surface area contributed by atoms with E-state index in [1.54, 1.807) is 12.3 Å². The van der Waals surface area contributed by atoms with Gasteiger partial charge in [0, 0.05) is 11.8 Å². The fourth-order valence-electron chi connectivity index (χ4n) is 1.77. The lowest BCUT2D eigenvalue weighted by Gasteiger charge is -2.08. The molecular formula is C15H15NO3. The number of hydrogen-bond acceptors (Lipinski definition) is 4. The van der Waals surface area contributed by atoms with E-state index in [4.69, 9.17) is 9.47 Å². The molecule has 98 valence electrons. The van der Waals surface area contributed by atoms with Crippen molar-refractivity contribution in [3.63, 3.8) is 0 Å². The lowest BCUT2D eigenvalue weighted by atomic mass is 10.0. The normalized spacial score (nSPS) is 10.1. The quantitative estimate of drug-likeness (QED) is 0.793. The maximum atomic E-state index is 11.7. The third-order valence-electron chi connectivity index (χ3n) is 2.83. The number of methoxy groups -OCH3 is 2. The Bertz CT molecular complexity index is 591. The standard InChI is InChI=1S/C15H15NO3/c1-10-4-6-11(7-5-10)12-8-13(15(17)19-3)14(18-2)16-9-12/h4-9H,1-3H3. The summed E-state index contributed by atoms with van der Waals surface area (Å²) in [6, 6.07) is 9.72. The molecule has 0 amide bonds. The Kier molecular flexibility index (Phi) is 3.80. The number of nitrogens with zero attached hydrogens (tertiary/aromatic N) is 1. The first-order valence-electron chi connectivity index (χ1n) is 5.85. The fourth-order valence-corrected chi connectivity index (χ4v) is 1.77. The minimum Gasteiger partial charge on any atom is -0.480 e. The van der Waals surface area contributed by atoms with E-state index in [-0.39, 0.29) is 5.88 Å². The summed E-state index contributed by atoms with van der Waals surface area (Å²) >= 11 is 0. The zero-order chi connectivity index (χ0) is 13.8. The summed E-state index contributed by atoms with van der Waals surface area (Å²) in [5, 5.41) is 0. The third-order valence-corrected chi connectivity index (χ3v) is 2.83. The number of aryl methyl sites for hydroxylation is 1. The minimum absolute atomic E-state index is 0.266. The van der Waals surface area contributed by atoms with Gasteiger partial charge in [0.15, 0.2) is 0 Å². The van der Waals surface area contributed by atoms with E-state index < -0.39 is 5.97 Å². The largest absolute Gasteiger partial charge is 0.480 e. The van der Waals surface area contributed by atoms with Crippen molar-refractivity contribution in [2.75, 3.05) is 14.2 Å². The molecule has 1 aromatic heterocycles. The van der Waals surface area contributed by atoms with Crippen LogP contribution >= 0.6 is 0 Å². The predicted octanol–water partition coefficient (Wildman–Crippen LogP) is 2.85. The van der Waals surface area contributed by atoms with Crippen molar-refractivity contribution < 1.29 is 14.3 Å². The number of aromatic nitrogens is 1. The van der Waals surface area contributed by atoms with Crippen molar-refractivity contribution in [1.29, 1.82) is 0 Å². The molecule has 1 aromatic carbocycles. The van der Waals surface area contributed by atoms with Gasteiger partial charge in [0.05, 0.1) is 14.2 Å². The van der Waals surface area contributed by atoms with Gasteiger partial charge < -0.3 is 9.47 Å². The molecule has 4 heteroatoms. The van der Waals surface area contributed by atoms with Crippen LogP contribution in [0, 0.1) is 6.92 Å². The Labute approximate surface area is 112 Å². The van der Waals surface area contributed by atoms with Crippen LogP contribution in [0.2, 0.25) is 0 Å². The smallest absolute Gasteiger partial charge is 0.343 e. The molecular weight excluding hydrogens is 242 g/mol. The highest BCUT2D eigenvalue weighted by Gasteiger charge is 2.15. The van der Waals surface area contributed by atoms with Gasteiger partial charge in [-0.2, -0.15) is 0 Å². The van der Waals surface area contributed by atoms with Gasteiger partial charge in [0.25, 0.3) is 0 Å². The minimum atomic E-state index is -0.460. The van der Waals surface area contributed by atoms with Crippen molar-refractivity contribution in [2.45, 2.75) is 6.92 Å². The lowest BCUT2D eigenvalue weighted by molar-refractivity contribution is 0.0596. The molecule has 0 unspecified atom stereocenters. The molecule has 0 saturated carbocycles. The second-order valence-corrected chi connectivity index (χ2v) is 4.14. The van der Waals surface area contributed by atoms with Crippen LogP contribution in [-0.4, -0.2) is 25.2 Å². The van der Waals surface area contributed by atoms with Gasteiger partial charge in [-0.3, -0.25) is 0 Å². The molecule has 0 N–H and O–H groups in total. The lowest BCUT2D eigenvalue weighted by Crippen LogP contribution is -2.05. The monoisotopic (exact) mass is 257 g/mol. The zero-order valence-corrected chi connectivity index (χ0v) is 11.1. The number of carbonyl (C=O) groups is 1. The van der Waals surface area contributed by atoms with Gasteiger partial charge in [-0.1, -0.05) is 29.8 Å². The summed E-state index contributed by atoms with van der Waals surface area (Å²) < 4.78 is 9.80. The molecule has 1 heterocycles. The second kappa shape index (κ2) is 5.52. The Morgan fingerprint density at radius 2 is 1.79 bits per heavy atom. The average Bonchev–Trinajstić information content (AvgIpc) is 2.46. The van der Waals surface area contributed by atoms with Crippen molar-refractivity contribution in [2.24, 2.45) is 0 Å². The van der Waals surface area contributed by atoms with Crippen molar-refractivity contribution >= 4 is 5.97 Å². The fraction of sp³-hybridized carbons (Fsp3) is 0.200. The maximum absolute atomic E-state index is 11.7. The van der Waals surface area contributed by atoms with E-state index in [9.17, 15) is 4.79 Å². The van der Waals surface area contributed by atoms with Crippen LogP contribution in [0.25, 0.3) is 11.1 Å². The Morgan fingerprint density at radius 1 is 1.11 bits per heavy atom. The first-order valence-corrected chi connectivity index (χ1v) is 5.85. The highest BCUT2D eigenvalue weighted by molar-refractivity contribution is 5.93. The highest BCUT2D eigenvalue weighted by Crippen LogP contribution is 2.25. The Hall–Kier alpha value is -2.36. The summed E-state index contributed by atoms with van der Waals surface area (Å²) in [6.45, 7) is 2.02. The maximum Gasteiger partial charge on any atom is 0.343 e. The van der Waals surface area contributed by atoms with E-state index in [0.29, 0.717) is 5.56 Å². The van der Waals surface area contributed by atoms with E-state index >= 15 is 0 Å². The van der Waals surface area contributed by atoms with Crippen LogP contribution in [0.1, 0.15) is 15.9 Å². The number of esters is 1. The Morgan fingerprint density at radius 3 is 2.37 bits per heavy atom. The molecule has 2 rings (SSSR count). The summed E-state index contributed by atoms with van der Waals surface area (Å²) in [7, 11) is 2.81. The molecule has 2 aromatic rings. The number of rotatable bonds is 3. The topological polar surface area (TPSA) is 48.4 Å². The molecule has 0 spiro atoms. The van der Waals surface area contributed by atoms with Crippen LogP contribution in [0.15, 0.2) is 36.5 Å². The summed E-state index contributed by atoms with van der Waals surface area (Å²) in [5.74, 6) is -0.193. The number of benzene rings is 1. The van der Waals surface area contributed by atoms with Crippen molar-refractivity contribution in [3.8, 4) is 17.0 Å². The van der Waals surface area contributed by atoms with Gasteiger partial charge in [-0.05, 0) is 18.6 Å². The van der Waals surface area contributed by atoms with Gasteiger partial charge in [-0.25, -0.2) is 9.78 Å². The molecule has 0 aliphatic carbocycles. The number of hydrogen-bond donors (Lipinski definition) is 0. The number of ether oxygens (including phenoxy) is 2. The molecule has 0 aliphatic rings. The SMILES string of the molecule is COC(=O)c1cc(-c2ccc(C)cc2)cnc1OC. The van der Waals surface area contributed by atoms with Crippen LogP contribution < -0.4 is 4.74 Å². The molecule has 0 atom stereocenters. The second-order valence-electron chi connectivity index (χ2n) is 4.14. The van der Waals surface area contributed by atoms with E-state index in [1.165, 1.54) is 19.8 Å². The van der Waals surface area contributed by atoms with Crippen molar-refractivity contribution in [1.82, 2.24) is 4.98 Å². The van der Waals surface area contributed by atoms with Gasteiger partial charge in [0.1, 0.15) is 5.56 Å². The molecule has 0 saturated heterocycles. The number of pyridine rings is 1. The van der Waals surface area contributed by atoms with Crippen LogP contribution in [0.5, 0.6) is 5.88 Å². The molecule has 0 radical (unpaired) electrons. The molecule has 19 heavy (non-hydrogen) atoms. The zero-order valence-electron chi connectivity index (χ0n) is 11.1. The highest BCUT2D eigenvalue weighted by atomic mass is 16.5. The summed E-state index contributed by atoms with van der Waals surface area (Å²) in [5.41, 5.74) is 3.34. The van der Waals surface area contributed by atoms with E-state index in [2.05, 4.69) is 4.98 Å². The van der Waals surface area contributed by atoms with Gasteiger partial charge in [0.2, 0.25) is 5.88 Å². The molecule has 0 fully saturated rings. The summed E-state index contributed by atoms with van der Waals surface area (Å²) in [4.78, 5) is 15.8. The first kappa shape index (κ1) is 13.1. The molecule has 0 bridgehead atoms. The third kappa shape index (κ3) is 2.73. The van der Waals surface area contributed by atoms with Crippen molar-refractivity contribution in [3.05, 3.63) is 47.7 Å². The van der Waals surface area contributed by atoms with Gasteiger partial charge >= 0.3 is 5.97 Å². The Balaban J connectivity index is 2.48. The van der Waals surface area contributed by atoms with Crippen LogP contribution in [0.3, 0.4) is 0 Å². The predicted molar refractivity (Wildman–Crippen MR) is 72.3 cm³/mol. The van der Waals surface area contributed by atoms with E-state index in [1.807, 2.05) is 31.2 Å². The first-order chi connectivity index (χ1) is 9.15. The van der Waals surface area contributed by atoms with Crippen LogP contribution in [0.4, 0.5) is 0 Å². The number of carbonyl (C=O) groups excluding carboxylic acids is 1. The average molecular weight is 257 g/mol. The van der Waals surface area contributed by atoms with Crippen LogP contribution in [-0.2, 0) is 4.74 Å². The molecule has 0 aliphatic heterocycles. The van der Waals surface area contributed by atoms with E-state index in [0.717, 1.165) is 11.1 Å². The molecule has 4 nitrogen and oxygen atoms in total.